The number of carbonyl (C=O) groups is 1. The first kappa shape index (κ1) is 23.0. The fraction of sp³-hybridized carbons (Fsp3) is 0.400. The Morgan fingerprint density at radius 2 is 2.06 bits per heavy atom. The lowest BCUT2D eigenvalue weighted by molar-refractivity contribution is -0.143. The number of halogens is 3. The molecule has 0 amide bonds. The third-order valence-corrected chi connectivity index (χ3v) is 5.54. The fourth-order valence-corrected chi connectivity index (χ4v) is 3.72. The van der Waals surface area contributed by atoms with Crippen molar-refractivity contribution in [3.05, 3.63) is 59.9 Å². The van der Waals surface area contributed by atoms with Crippen LogP contribution in [-0.2, 0) is 16.1 Å². The molecule has 1 fully saturated rings. The first-order chi connectivity index (χ1) is 15.8. The van der Waals surface area contributed by atoms with E-state index in [1.807, 2.05) is 41.8 Å². The first-order valence-electron chi connectivity index (χ1n) is 11.2. The minimum absolute atomic E-state index is 0.0240. The summed E-state index contributed by atoms with van der Waals surface area (Å²) in [5.74, 6) is -0.00486. The summed E-state index contributed by atoms with van der Waals surface area (Å²) in [5.41, 5.74) is 5.07. The summed E-state index contributed by atoms with van der Waals surface area (Å²) < 4.78 is 39.1. The van der Waals surface area contributed by atoms with Crippen LogP contribution >= 0.6 is 0 Å². The number of oxime groups is 1. The molecule has 5 nitrogen and oxygen atoms in total. The molecule has 33 heavy (non-hydrogen) atoms. The molecule has 0 spiro atoms. The van der Waals surface area contributed by atoms with Crippen molar-refractivity contribution in [1.29, 1.82) is 0 Å². The zero-order chi connectivity index (χ0) is 23.4. The quantitative estimate of drug-likeness (QED) is 0.213. The first-order valence-corrected chi connectivity index (χ1v) is 11.2. The summed E-state index contributed by atoms with van der Waals surface area (Å²) in [4.78, 5) is 22.0. The van der Waals surface area contributed by atoms with Gasteiger partial charge in [-0.3, -0.25) is 9.20 Å². The van der Waals surface area contributed by atoms with Crippen molar-refractivity contribution < 1.29 is 22.8 Å². The van der Waals surface area contributed by atoms with Gasteiger partial charge in [-0.05, 0) is 43.0 Å². The van der Waals surface area contributed by atoms with Gasteiger partial charge < -0.3 is 4.84 Å². The highest BCUT2D eigenvalue weighted by Crippen LogP contribution is 2.34. The van der Waals surface area contributed by atoms with Crippen LogP contribution in [0.5, 0.6) is 0 Å². The Morgan fingerprint density at radius 1 is 1.24 bits per heavy atom. The number of Topliss-reactive ketones (excluding diaryl/α,β-unsaturated/α-hetero) is 1. The molecule has 2 aromatic heterocycles. The molecule has 0 aliphatic heterocycles. The number of hydrogen-bond donors (Lipinski definition) is 0. The Hall–Kier alpha value is -3.16. The van der Waals surface area contributed by atoms with E-state index in [0.717, 1.165) is 47.4 Å². The molecule has 1 aromatic carbocycles. The van der Waals surface area contributed by atoms with Gasteiger partial charge in [0.05, 0.1) is 24.0 Å². The van der Waals surface area contributed by atoms with Crippen LogP contribution in [0.2, 0.25) is 0 Å². The van der Waals surface area contributed by atoms with Crippen LogP contribution in [0.4, 0.5) is 13.2 Å². The smallest absolute Gasteiger partial charge is 0.389 e. The summed E-state index contributed by atoms with van der Waals surface area (Å²) in [6, 6.07) is 11.3. The van der Waals surface area contributed by atoms with Crippen LogP contribution in [0.25, 0.3) is 16.9 Å². The van der Waals surface area contributed by atoms with Gasteiger partial charge in [-0.25, -0.2) is 4.98 Å². The Balaban J connectivity index is 1.54. The number of nitrogens with zero attached hydrogens (tertiary/aromatic N) is 3. The minimum Gasteiger partial charge on any atom is -0.396 e. The Labute approximate surface area is 190 Å². The van der Waals surface area contributed by atoms with Gasteiger partial charge in [0.2, 0.25) is 0 Å². The zero-order valence-electron chi connectivity index (χ0n) is 18.4. The molecular formula is C25H26F3N3O2. The highest BCUT2D eigenvalue weighted by molar-refractivity contribution is 6.04. The number of alkyl halides is 3. The summed E-state index contributed by atoms with van der Waals surface area (Å²) in [6.07, 6.45) is 0.869. The molecule has 0 atom stereocenters. The van der Waals surface area contributed by atoms with Gasteiger partial charge >= 0.3 is 6.18 Å². The second kappa shape index (κ2) is 9.77. The second-order valence-electron chi connectivity index (χ2n) is 8.40. The van der Waals surface area contributed by atoms with E-state index < -0.39 is 24.8 Å². The fourth-order valence-electron chi connectivity index (χ4n) is 3.72. The van der Waals surface area contributed by atoms with Crippen LogP contribution < -0.4 is 0 Å². The Morgan fingerprint density at radius 3 is 2.79 bits per heavy atom. The topological polar surface area (TPSA) is 56.0 Å². The van der Waals surface area contributed by atoms with Crippen LogP contribution in [0.1, 0.15) is 50.2 Å². The Bertz CT molecular complexity index is 1160. The number of imidazole rings is 1. The second-order valence-corrected chi connectivity index (χ2v) is 8.40. The summed E-state index contributed by atoms with van der Waals surface area (Å²) in [5, 5.41) is 4.36. The number of fused-ring (bicyclic) bond motifs is 1. The van der Waals surface area contributed by atoms with Crippen molar-refractivity contribution in [2.24, 2.45) is 11.1 Å². The largest absolute Gasteiger partial charge is 0.396 e. The molecule has 3 aromatic rings. The number of carbonyl (C=O) groups excluding carboxylic acids is 1. The van der Waals surface area contributed by atoms with Crippen LogP contribution in [-0.4, -0.2) is 33.7 Å². The summed E-state index contributed by atoms with van der Waals surface area (Å²) in [6.45, 7) is 2.62. The number of ketones is 1. The van der Waals surface area contributed by atoms with E-state index in [1.54, 1.807) is 18.3 Å². The number of benzene rings is 1. The van der Waals surface area contributed by atoms with E-state index in [0.29, 0.717) is 18.1 Å². The molecule has 2 heterocycles. The number of pyridine rings is 1. The lowest BCUT2D eigenvalue weighted by Gasteiger charge is -2.09. The van der Waals surface area contributed by atoms with Gasteiger partial charge in [0.15, 0.2) is 0 Å². The third kappa shape index (κ3) is 6.00. The zero-order valence-corrected chi connectivity index (χ0v) is 18.4. The van der Waals surface area contributed by atoms with E-state index in [2.05, 4.69) is 10.1 Å². The van der Waals surface area contributed by atoms with Crippen molar-refractivity contribution in [2.75, 3.05) is 6.61 Å². The molecular weight excluding hydrogens is 431 g/mol. The third-order valence-electron chi connectivity index (χ3n) is 5.54. The maximum Gasteiger partial charge on any atom is 0.389 e. The lowest BCUT2D eigenvalue weighted by Crippen LogP contribution is -2.12. The van der Waals surface area contributed by atoms with Crippen molar-refractivity contribution in [3.8, 4) is 11.3 Å². The van der Waals surface area contributed by atoms with Gasteiger partial charge in [-0.15, -0.1) is 0 Å². The standard InChI is InChI=1S/C25H26F3N3O2/c1-2-12-33-30-24(18-6-7-18)20-9-11-31-22(16-29-23(31)15-20)19-5-3-4-17(13-19)14-21(32)8-10-25(26,27)28/h3-5,9,11,13,15-16,18H,2,6-8,10,12,14H2,1H3/b30-24-. The van der Waals surface area contributed by atoms with Crippen LogP contribution in [0.15, 0.2) is 53.9 Å². The number of hydrogen-bond acceptors (Lipinski definition) is 4. The molecule has 0 radical (unpaired) electrons. The highest BCUT2D eigenvalue weighted by atomic mass is 19.4. The molecule has 0 N–H and O–H groups in total. The lowest BCUT2D eigenvalue weighted by atomic mass is 10.0. The van der Waals surface area contributed by atoms with Gasteiger partial charge in [0.1, 0.15) is 18.0 Å². The van der Waals surface area contributed by atoms with E-state index in [-0.39, 0.29) is 6.42 Å². The van der Waals surface area contributed by atoms with Crippen molar-refractivity contribution >= 4 is 17.1 Å². The maximum atomic E-state index is 12.4. The maximum absolute atomic E-state index is 12.4. The molecule has 1 saturated carbocycles. The molecule has 0 bridgehead atoms. The van der Waals surface area contributed by atoms with E-state index in [1.165, 1.54) is 0 Å². The predicted octanol–water partition coefficient (Wildman–Crippen LogP) is 6.00. The predicted molar refractivity (Wildman–Crippen MR) is 120 cm³/mol. The highest BCUT2D eigenvalue weighted by Gasteiger charge is 2.30. The van der Waals surface area contributed by atoms with E-state index in [9.17, 15) is 18.0 Å². The SMILES string of the molecule is CCCO/N=C(\c1ccn2c(-c3cccc(CC(=O)CCC(F)(F)F)c3)cnc2c1)C1CC1. The van der Waals surface area contributed by atoms with Gasteiger partial charge in [-0.1, -0.05) is 30.3 Å². The molecule has 0 unspecified atom stereocenters. The van der Waals surface area contributed by atoms with Crippen LogP contribution in [0.3, 0.4) is 0 Å². The van der Waals surface area contributed by atoms with Gasteiger partial charge in [-0.2, -0.15) is 13.2 Å². The molecule has 4 rings (SSSR count). The molecule has 1 aliphatic rings. The van der Waals surface area contributed by atoms with Crippen LogP contribution in [0, 0.1) is 5.92 Å². The average molecular weight is 457 g/mol. The normalized spacial score (nSPS) is 14.6. The Kier molecular flexibility index (Phi) is 6.81. The summed E-state index contributed by atoms with van der Waals surface area (Å²) in [7, 11) is 0. The minimum atomic E-state index is -4.32. The molecule has 1 aliphatic carbocycles. The van der Waals surface area contributed by atoms with E-state index >= 15 is 0 Å². The van der Waals surface area contributed by atoms with E-state index in [4.69, 9.17) is 4.84 Å². The number of aromatic nitrogens is 2. The molecule has 8 heteroatoms. The van der Waals surface area contributed by atoms with Crippen molar-refractivity contribution in [2.45, 2.75) is 51.6 Å². The van der Waals surface area contributed by atoms with Crippen molar-refractivity contribution in [1.82, 2.24) is 9.38 Å². The molecule has 174 valence electrons. The molecule has 0 saturated heterocycles. The summed E-state index contributed by atoms with van der Waals surface area (Å²) >= 11 is 0. The number of rotatable bonds is 10. The average Bonchev–Trinajstić information content (AvgIpc) is 3.53. The monoisotopic (exact) mass is 457 g/mol. The van der Waals surface area contributed by atoms with Gasteiger partial charge in [0, 0.05) is 36.1 Å². The van der Waals surface area contributed by atoms with Crippen molar-refractivity contribution in [3.63, 3.8) is 0 Å². The van der Waals surface area contributed by atoms with Gasteiger partial charge in [0.25, 0.3) is 0 Å².